The number of para-hydroxylation sites is 1. The Kier molecular flexibility index (Phi) is 5.27. The zero-order valence-electron chi connectivity index (χ0n) is 14.9. The number of amides is 2. The van der Waals surface area contributed by atoms with Crippen molar-refractivity contribution in [2.45, 2.75) is 43.7 Å². The highest BCUT2D eigenvalue weighted by Gasteiger charge is 2.43. The summed E-state index contributed by atoms with van der Waals surface area (Å²) in [6.07, 6.45) is 2.94. The van der Waals surface area contributed by atoms with Gasteiger partial charge in [-0.3, -0.25) is 9.59 Å². The maximum Gasteiger partial charge on any atom is 0.222 e. The SMILES string of the molecule is COCCC(=O)N[C@H]1C[C@]2(CCC(=O)N(C)CC2)Oc2ccccc21. The molecular formula is C19H26N2O4. The number of methoxy groups -OCH3 is 1. The van der Waals surface area contributed by atoms with Crippen molar-refractivity contribution in [3.8, 4) is 5.75 Å². The highest BCUT2D eigenvalue weighted by molar-refractivity contribution is 5.77. The number of ether oxygens (including phenoxy) is 2. The summed E-state index contributed by atoms with van der Waals surface area (Å²) >= 11 is 0. The van der Waals surface area contributed by atoms with E-state index in [1.165, 1.54) is 0 Å². The van der Waals surface area contributed by atoms with Crippen LogP contribution in [0.5, 0.6) is 5.75 Å². The summed E-state index contributed by atoms with van der Waals surface area (Å²) in [5, 5.41) is 3.13. The van der Waals surface area contributed by atoms with E-state index in [2.05, 4.69) is 5.32 Å². The third-order valence-electron chi connectivity index (χ3n) is 5.19. The summed E-state index contributed by atoms with van der Waals surface area (Å²) in [6, 6.07) is 7.74. The van der Waals surface area contributed by atoms with E-state index >= 15 is 0 Å². The van der Waals surface area contributed by atoms with Crippen LogP contribution < -0.4 is 10.1 Å². The number of nitrogens with one attached hydrogen (secondary N) is 1. The number of nitrogens with zero attached hydrogens (tertiary/aromatic N) is 1. The Hall–Kier alpha value is -2.08. The molecule has 25 heavy (non-hydrogen) atoms. The number of carbonyl (C=O) groups excluding carboxylic acids is 2. The van der Waals surface area contributed by atoms with E-state index in [9.17, 15) is 9.59 Å². The van der Waals surface area contributed by atoms with Crippen LogP contribution in [0.2, 0.25) is 0 Å². The lowest BCUT2D eigenvalue weighted by Gasteiger charge is -2.42. The molecule has 136 valence electrons. The van der Waals surface area contributed by atoms with Gasteiger partial charge in [-0.2, -0.15) is 0 Å². The van der Waals surface area contributed by atoms with Gasteiger partial charge in [-0.15, -0.1) is 0 Å². The summed E-state index contributed by atoms with van der Waals surface area (Å²) in [6.45, 7) is 1.08. The number of likely N-dealkylation sites (tertiary alicyclic amines) is 1. The maximum atomic E-state index is 12.2. The van der Waals surface area contributed by atoms with E-state index in [1.54, 1.807) is 12.0 Å². The summed E-state index contributed by atoms with van der Waals surface area (Å²) < 4.78 is 11.4. The average molecular weight is 346 g/mol. The molecule has 1 aromatic carbocycles. The molecule has 0 bridgehead atoms. The molecule has 2 aliphatic rings. The molecule has 2 aliphatic heterocycles. The van der Waals surface area contributed by atoms with Crippen LogP contribution in [0.1, 0.15) is 43.7 Å². The minimum absolute atomic E-state index is 0.0273. The van der Waals surface area contributed by atoms with Crippen LogP contribution in [0.4, 0.5) is 0 Å². The number of fused-ring (bicyclic) bond motifs is 1. The summed E-state index contributed by atoms with van der Waals surface area (Å²) in [4.78, 5) is 26.0. The molecule has 6 nitrogen and oxygen atoms in total. The van der Waals surface area contributed by atoms with Gasteiger partial charge in [0.15, 0.2) is 0 Å². The number of carbonyl (C=O) groups is 2. The van der Waals surface area contributed by atoms with Crippen LogP contribution in [0.3, 0.4) is 0 Å². The van der Waals surface area contributed by atoms with Crippen LogP contribution in [0.15, 0.2) is 24.3 Å². The van der Waals surface area contributed by atoms with Gasteiger partial charge in [0.2, 0.25) is 11.8 Å². The van der Waals surface area contributed by atoms with Gasteiger partial charge in [-0.1, -0.05) is 18.2 Å². The molecule has 1 saturated heterocycles. The minimum atomic E-state index is -0.409. The molecule has 2 amide bonds. The van der Waals surface area contributed by atoms with E-state index in [1.807, 2.05) is 31.3 Å². The van der Waals surface area contributed by atoms with E-state index < -0.39 is 5.60 Å². The Labute approximate surface area is 148 Å². The van der Waals surface area contributed by atoms with E-state index in [0.717, 1.165) is 17.7 Å². The predicted molar refractivity (Wildman–Crippen MR) is 93.3 cm³/mol. The van der Waals surface area contributed by atoms with Crippen molar-refractivity contribution in [3.05, 3.63) is 29.8 Å². The zero-order valence-corrected chi connectivity index (χ0v) is 14.9. The zero-order chi connectivity index (χ0) is 17.9. The van der Waals surface area contributed by atoms with Gasteiger partial charge in [-0.25, -0.2) is 0 Å². The number of benzene rings is 1. The fraction of sp³-hybridized carbons (Fsp3) is 0.579. The molecule has 1 N–H and O–H groups in total. The van der Waals surface area contributed by atoms with Crippen molar-refractivity contribution < 1.29 is 19.1 Å². The summed E-state index contributed by atoms with van der Waals surface area (Å²) in [5.41, 5.74) is 0.594. The van der Waals surface area contributed by atoms with E-state index in [-0.39, 0.29) is 17.9 Å². The average Bonchev–Trinajstić information content (AvgIpc) is 2.74. The standard InChI is InChI=1S/C19H26N2O4/c1-21-11-10-19(9-7-18(21)23)13-15(20-17(22)8-12-24-2)14-5-3-4-6-16(14)25-19/h3-6,15H,7-13H2,1-2H3,(H,20,22)/t15-,19+/m0/s1. The highest BCUT2D eigenvalue weighted by atomic mass is 16.5. The van der Waals surface area contributed by atoms with Crippen molar-refractivity contribution in [2.24, 2.45) is 0 Å². The van der Waals surface area contributed by atoms with E-state index in [4.69, 9.17) is 9.47 Å². The molecule has 1 fully saturated rings. The lowest BCUT2D eigenvalue weighted by molar-refractivity contribution is -0.129. The topological polar surface area (TPSA) is 67.9 Å². The fourth-order valence-corrected chi connectivity index (χ4v) is 3.66. The Morgan fingerprint density at radius 3 is 3.00 bits per heavy atom. The molecule has 2 heterocycles. The molecule has 0 unspecified atom stereocenters. The molecule has 1 spiro atoms. The van der Waals surface area contributed by atoms with Crippen LogP contribution in [0.25, 0.3) is 0 Å². The van der Waals surface area contributed by atoms with Crippen molar-refractivity contribution in [2.75, 3.05) is 27.3 Å². The third-order valence-corrected chi connectivity index (χ3v) is 5.19. The molecule has 0 aromatic heterocycles. The first-order valence-corrected chi connectivity index (χ1v) is 8.83. The first kappa shape index (κ1) is 17.7. The molecule has 2 atom stereocenters. The van der Waals surface area contributed by atoms with Gasteiger partial charge in [0.1, 0.15) is 11.4 Å². The van der Waals surface area contributed by atoms with Crippen LogP contribution in [-0.4, -0.2) is 49.6 Å². The Balaban J connectivity index is 1.82. The highest BCUT2D eigenvalue weighted by Crippen LogP contribution is 2.44. The molecule has 6 heteroatoms. The Bertz CT molecular complexity index is 648. The molecule has 1 aromatic rings. The second kappa shape index (κ2) is 7.44. The summed E-state index contributed by atoms with van der Waals surface area (Å²) in [5.74, 6) is 0.934. The third kappa shape index (κ3) is 3.95. The first-order chi connectivity index (χ1) is 12.0. The second-order valence-electron chi connectivity index (χ2n) is 6.96. The monoisotopic (exact) mass is 346 g/mol. The van der Waals surface area contributed by atoms with Gasteiger partial charge in [0.25, 0.3) is 0 Å². The number of hydrogen-bond donors (Lipinski definition) is 1. The Morgan fingerprint density at radius 1 is 1.40 bits per heavy atom. The maximum absolute atomic E-state index is 12.2. The normalized spacial score (nSPS) is 25.9. The molecule has 3 rings (SSSR count). The second-order valence-corrected chi connectivity index (χ2v) is 6.96. The van der Waals surface area contributed by atoms with Gasteiger partial charge in [0.05, 0.1) is 12.6 Å². The quantitative estimate of drug-likeness (QED) is 0.906. The van der Waals surface area contributed by atoms with E-state index in [0.29, 0.717) is 38.8 Å². The molecule has 0 saturated carbocycles. The van der Waals surface area contributed by atoms with Gasteiger partial charge in [0, 0.05) is 51.9 Å². The lowest BCUT2D eigenvalue weighted by Crippen LogP contribution is -2.46. The smallest absolute Gasteiger partial charge is 0.222 e. The van der Waals surface area contributed by atoms with Crippen LogP contribution in [0, 0.1) is 0 Å². The molecule has 0 radical (unpaired) electrons. The molecule has 0 aliphatic carbocycles. The summed E-state index contributed by atoms with van der Waals surface area (Å²) in [7, 11) is 3.42. The van der Waals surface area contributed by atoms with Crippen molar-refractivity contribution in [1.82, 2.24) is 10.2 Å². The minimum Gasteiger partial charge on any atom is -0.487 e. The fourth-order valence-electron chi connectivity index (χ4n) is 3.66. The van der Waals surface area contributed by atoms with Gasteiger partial charge >= 0.3 is 0 Å². The lowest BCUT2D eigenvalue weighted by atomic mass is 9.82. The van der Waals surface area contributed by atoms with Gasteiger partial charge in [-0.05, 0) is 12.5 Å². The predicted octanol–water partition coefficient (Wildman–Crippen LogP) is 2.04. The number of rotatable bonds is 4. The first-order valence-electron chi connectivity index (χ1n) is 8.83. The number of hydrogen-bond acceptors (Lipinski definition) is 4. The van der Waals surface area contributed by atoms with Crippen molar-refractivity contribution in [1.29, 1.82) is 0 Å². The molecular weight excluding hydrogens is 320 g/mol. The van der Waals surface area contributed by atoms with Gasteiger partial charge < -0.3 is 19.7 Å². The van der Waals surface area contributed by atoms with Crippen molar-refractivity contribution >= 4 is 11.8 Å². The Morgan fingerprint density at radius 2 is 2.20 bits per heavy atom. The van der Waals surface area contributed by atoms with Crippen molar-refractivity contribution in [3.63, 3.8) is 0 Å². The largest absolute Gasteiger partial charge is 0.487 e. The van der Waals surface area contributed by atoms with Crippen LogP contribution >= 0.6 is 0 Å². The van der Waals surface area contributed by atoms with Crippen LogP contribution in [-0.2, 0) is 14.3 Å².